The quantitative estimate of drug-likeness (QED) is 0.751. The molecule has 0 bridgehead atoms. The summed E-state index contributed by atoms with van der Waals surface area (Å²) in [5.74, 6) is 0. The predicted molar refractivity (Wildman–Crippen MR) is 71.0 cm³/mol. The van der Waals surface area contributed by atoms with Gasteiger partial charge in [-0.1, -0.05) is 6.92 Å². The largest absolute Gasteiger partial charge is 0.393 e. The smallest absolute Gasteiger partial charge is 0.0538 e. The van der Waals surface area contributed by atoms with Gasteiger partial charge in [-0.2, -0.15) is 0 Å². The van der Waals surface area contributed by atoms with Crippen LogP contribution in [0, 0.1) is 0 Å². The molecular weight excluding hydrogens is 212 g/mol. The van der Waals surface area contributed by atoms with Gasteiger partial charge in [-0.15, -0.1) is 0 Å². The molecule has 0 aliphatic carbocycles. The predicted octanol–water partition coefficient (Wildman–Crippen LogP) is 2.11. The van der Waals surface area contributed by atoms with E-state index in [1.54, 1.807) is 0 Å². The van der Waals surface area contributed by atoms with E-state index < -0.39 is 0 Å². The van der Waals surface area contributed by atoms with Crippen molar-refractivity contribution in [1.82, 2.24) is 9.88 Å². The van der Waals surface area contributed by atoms with E-state index >= 15 is 0 Å². The van der Waals surface area contributed by atoms with E-state index in [0.717, 1.165) is 38.8 Å². The zero-order chi connectivity index (χ0) is 12.5. The van der Waals surface area contributed by atoms with E-state index in [9.17, 15) is 5.11 Å². The lowest BCUT2D eigenvalue weighted by Gasteiger charge is -2.17. The molecule has 1 atom stereocenters. The van der Waals surface area contributed by atoms with Crippen LogP contribution in [0.1, 0.15) is 31.7 Å². The summed E-state index contributed by atoms with van der Waals surface area (Å²) in [6.07, 6.45) is 7.47. The molecule has 0 amide bonds. The summed E-state index contributed by atoms with van der Waals surface area (Å²) in [6.45, 7) is 4.15. The van der Waals surface area contributed by atoms with Crippen molar-refractivity contribution in [2.24, 2.45) is 0 Å². The summed E-state index contributed by atoms with van der Waals surface area (Å²) in [5.41, 5.74) is 1.33. The van der Waals surface area contributed by atoms with Crippen molar-refractivity contribution in [2.75, 3.05) is 20.1 Å². The summed E-state index contributed by atoms with van der Waals surface area (Å²) in [4.78, 5) is 6.33. The van der Waals surface area contributed by atoms with E-state index in [1.807, 2.05) is 19.3 Å². The second kappa shape index (κ2) is 8.20. The van der Waals surface area contributed by atoms with E-state index in [1.165, 1.54) is 5.56 Å². The first-order valence-electron chi connectivity index (χ1n) is 6.48. The number of aromatic nitrogens is 1. The van der Waals surface area contributed by atoms with Crippen LogP contribution in [0.25, 0.3) is 0 Å². The maximum atomic E-state index is 9.45. The fraction of sp³-hybridized carbons (Fsp3) is 0.643. The summed E-state index contributed by atoms with van der Waals surface area (Å²) in [7, 11) is 2.14. The van der Waals surface area contributed by atoms with Crippen LogP contribution in [0.3, 0.4) is 0 Å². The van der Waals surface area contributed by atoms with Gasteiger partial charge in [0.1, 0.15) is 0 Å². The molecule has 1 unspecified atom stereocenters. The van der Waals surface area contributed by atoms with Crippen LogP contribution in [0.5, 0.6) is 0 Å². The van der Waals surface area contributed by atoms with Gasteiger partial charge in [-0.25, -0.2) is 0 Å². The monoisotopic (exact) mass is 236 g/mol. The third kappa shape index (κ3) is 6.39. The van der Waals surface area contributed by atoms with Gasteiger partial charge < -0.3 is 10.0 Å². The normalized spacial score (nSPS) is 12.9. The Bertz CT molecular complexity index is 290. The molecule has 0 saturated carbocycles. The van der Waals surface area contributed by atoms with Crippen molar-refractivity contribution in [3.05, 3.63) is 30.1 Å². The summed E-state index contributed by atoms with van der Waals surface area (Å²) in [5, 5.41) is 9.45. The second-order valence-corrected chi connectivity index (χ2v) is 4.61. The molecule has 1 aromatic heterocycles. The average molecular weight is 236 g/mol. The number of nitrogens with zero attached hydrogens (tertiary/aromatic N) is 2. The van der Waals surface area contributed by atoms with Crippen LogP contribution in [-0.4, -0.2) is 41.2 Å². The fourth-order valence-corrected chi connectivity index (χ4v) is 1.78. The van der Waals surface area contributed by atoms with Gasteiger partial charge in [0, 0.05) is 18.9 Å². The van der Waals surface area contributed by atoms with E-state index in [-0.39, 0.29) is 6.10 Å². The molecule has 3 nitrogen and oxygen atoms in total. The van der Waals surface area contributed by atoms with Crippen molar-refractivity contribution in [3.63, 3.8) is 0 Å². The van der Waals surface area contributed by atoms with Crippen molar-refractivity contribution < 1.29 is 5.11 Å². The first-order valence-corrected chi connectivity index (χ1v) is 6.48. The minimum Gasteiger partial charge on any atom is -0.393 e. The van der Waals surface area contributed by atoms with Crippen molar-refractivity contribution in [1.29, 1.82) is 0 Å². The maximum absolute atomic E-state index is 9.45. The standard InChI is InChI=1S/C14H24N2O/c1-3-14(17)5-4-11-16(2)12-8-13-6-9-15-10-7-13/h6-7,9-10,14,17H,3-5,8,11-12H2,1-2H3. The molecule has 3 heteroatoms. The van der Waals surface area contributed by atoms with Crippen LogP contribution in [0.2, 0.25) is 0 Å². The van der Waals surface area contributed by atoms with E-state index in [4.69, 9.17) is 0 Å². The topological polar surface area (TPSA) is 36.4 Å². The molecule has 1 heterocycles. The van der Waals surface area contributed by atoms with Gasteiger partial charge in [0.25, 0.3) is 0 Å². The molecule has 0 radical (unpaired) electrons. The van der Waals surface area contributed by atoms with Crippen molar-refractivity contribution in [2.45, 2.75) is 38.7 Å². The van der Waals surface area contributed by atoms with Crippen LogP contribution >= 0.6 is 0 Å². The lowest BCUT2D eigenvalue weighted by atomic mass is 10.1. The highest BCUT2D eigenvalue weighted by atomic mass is 16.3. The maximum Gasteiger partial charge on any atom is 0.0538 e. The molecule has 96 valence electrons. The Morgan fingerprint density at radius 1 is 1.29 bits per heavy atom. The second-order valence-electron chi connectivity index (χ2n) is 4.61. The Balaban J connectivity index is 2.11. The molecule has 0 aliphatic rings. The molecule has 0 aromatic carbocycles. The minimum atomic E-state index is -0.122. The molecule has 0 saturated heterocycles. The Morgan fingerprint density at radius 2 is 2.00 bits per heavy atom. The number of rotatable bonds is 8. The lowest BCUT2D eigenvalue weighted by Crippen LogP contribution is -2.23. The van der Waals surface area contributed by atoms with Gasteiger partial charge in [0.15, 0.2) is 0 Å². The molecule has 1 N–H and O–H groups in total. The summed E-state index contributed by atoms with van der Waals surface area (Å²) >= 11 is 0. The van der Waals surface area contributed by atoms with Crippen LogP contribution in [0.15, 0.2) is 24.5 Å². The minimum absolute atomic E-state index is 0.122. The van der Waals surface area contributed by atoms with E-state index in [2.05, 4.69) is 29.1 Å². The SMILES string of the molecule is CCC(O)CCCN(C)CCc1ccncc1. The van der Waals surface area contributed by atoms with Crippen LogP contribution < -0.4 is 0 Å². The number of hydrogen-bond donors (Lipinski definition) is 1. The molecule has 0 spiro atoms. The highest BCUT2D eigenvalue weighted by Gasteiger charge is 2.03. The highest BCUT2D eigenvalue weighted by Crippen LogP contribution is 2.03. The Kier molecular flexibility index (Phi) is 6.82. The zero-order valence-corrected chi connectivity index (χ0v) is 11.0. The van der Waals surface area contributed by atoms with Crippen LogP contribution in [-0.2, 0) is 6.42 Å². The van der Waals surface area contributed by atoms with Gasteiger partial charge in [-0.3, -0.25) is 4.98 Å². The van der Waals surface area contributed by atoms with Crippen LogP contribution in [0.4, 0.5) is 0 Å². The molecule has 17 heavy (non-hydrogen) atoms. The van der Waals surface area contributed by atoms with Gasteiger partial charge in [0.2, 0.25) is 0 Å². The zero-order valence-electron chi connectivity index (χ0n) is 11.0. The summed E-state index contributed by atoms with van der Waals surface area (Å²) < 4.78 is 0. The lowest BCUT2D eigenvalue weighted by molar-refractivity contribution is 0.152. The molecule has 0 aliphatic heterocycles. The van der Waals surface area contributed by atoms with Gasteiger partial charge >= 0.3 is 0 Å². The number of pyridine rings is 1. The third-order valence-electron chi connectivity index (χ3n) is 3.08. The Hall–Kier alpha value is -0.930. The fourth-order valence-electron chi connectivity index (χ4n) is 1.78. The van der Waals surface area contributed by atoms with Crippen molar-refractivity contribution >= 4 is 0 Å². The molecular formula is C14H24N2O. The van der Waals surface area contributed by atoms with Gasteiger partial charge in [0.05, 0.1) is 6.10 Å². The first-order chi connectivity index (χ1) is 8.22. The molecule has 0 fully saturated rings. The molecule has 1 rings (SSSR count). The van der Waals surface area contributed by atoms with Gasteiger partial charge in [-0.05, 0) is 57.0 Å². The third-order valence-corrected chi connectivity index (χ3v) is 3.08. The van der Waals surface area contributed by atoms with Crippen molar-refractivity contribution in [3.8, 4) is 0 Å². The number of likely N-dealkylation sites (N-methyl/N-ethyl adjacent to an activating group) is 1. The first kappa shape index (κ1) is 14.1. The Morgan fingerprint density at radius 3 is 2.65 bits per heavy atom. The number of hydrogen-bond acceptors (Lipinski definition) is 3. The Labute approximate surface area is 104 Å². The molecule has 1 aromatic rings. The highest BCUT2D eigenvalue weighted by molar-refractivity contribution is 5.09. The van der Waals surface area contributed by atoms with E-state index in [0.29, 0.717) is 0 Å². The number of aliphatic hydroxyl groups excluding tert-OH is 1. The average Bonchev–Trinajstić information content (AvgIpc) is 2.37. The number of aliphatic hydroxyl groups is 1. The summed E-state index contributed by atoms with van der Waals surface area (Å²) in [6, 6.07) is 4.13.